The highest BCUT2D eigenvalue weighted by Crippen LogP contribution is 2.17. The Morgan fingerprint density at radius 1 is 1.35 bits per heavy atom. The lowest BCUT2D eigenvalue weighted by molar-refractivity contribution is 0.0470. The minimum atomic E-state index is 0.0211. The van der Waals surface area contributed by atoms with Gasteiger partial charge in [-0.3, -0.25) is 9.69 Å². The van der Waals surface area contributed by atoms with E-state index in [1.54, 1.807) is 0 Å². The molecule has 1 amide bonds. The minimum absolute atomic E-state index is 0.0211. The van der Waals surface area contributed by atoms with Gasteiger partial charge in [0.2, 0.25) is 0 Å². The SMILES string of the molecule is CC1CN(Cc2ccccc2)CCN1C(=O)c1csc(CN)n1. The van der Waals surface area contributed by atoms with E-state index < -0.39 is 0 Å². The third-order valence-corrected chi connectivity index (χ3v) is 5.04. The van der Waals surface area contributed by atoms with Crippen LogP contribution in [0.15, 0.2) is 35.7 Å². The van der Waals surface area contributed by atoms with Gasteiger partial charge in [-0.05, 0) is 12.5 Å². The van der Waals surface area contributed by atoms with Crippen molar-refractivity contribution in [2.75, 3.05) is 19.6 Å². The molecule has 0 saturated carbocycles. The molecule has 1 saturated heterocycles. The van der Waals surface area contributed by atoms with E-state index >= 15 is 0 Å². The monoisotopic (exact) mass is 330 g/mol. The first-order valence-corrected chi connectivity index (χ1v) is 8.77. The first kappa shape index (κ1) is 16.1. The van der Waals surface area contributed by atoms with Crippen molar-refractivity contribution in [1.82, 2.24) is 14.8 Å². The van der Waals surface area contributed by atoms with Crippen LogP contribution in [0.2, 0.25) is 0 Å². The Labute approximate surface area is 140 Å². The molecule has 23 heavy (non-hydrogen) atoms. The third-order valence-electron chi connectivity index (χ3n) is 4.17. The Kier molecular flexibility index (Phi) is 5.05. The fourth-order valence-corrected chi connectivity index (χ4v) is 3.62. The number of piperazine rings is 1. The molecule has 1 aromatic carbocycles. The second kappa shape index (κ2) is 7.21. The summed E-state index contributed by atoms with van der Waals surface area (Å²) in [5.41, 5.74) is 7.42. The molecule has 1 aliphatic rings. The molecule has 1 aliphatic heterocycles. The number of carbonyl (C=O) groups is 1. The fraction of sp³-hybridized carbons (Fsp3) is 0.412. The largest absolute Gasteiger partial charge is 0.332 e. The third kappa shape index (κ3) is 3.77. The summed E-state index contributed by atoms with van der Waals surface area (Å²) in [4.78, 5) is 21.3. The van der Waals surface area contributed by atoms with Crippen molar-refractivity contribution in [2.24, 2.45) is 5.73 Å². The van der Waals surface area contributed by atoms with Gasteiger partial charge in [0.1, 0.15) is 10.7 Å². The van der Waals surface area contributed by atoms with E-state index in [0.29, 0.717) is 12.2 Å². The normalized spacial score (nSPS) is 19.0. The van der Waals surface area contributed by atoms with Crippen molar-refractivity contribution in [1.29, 1.82) is 0 Å². The number of nitrogens with zero attached hydrogens (tertiary/aromatic N) is 3. The smallest absolute Gasteiger partial charge is 0.273 e. The average molecular weight is 330 g/mol. The summed E-state index contributed by atoms with van der Waals surface area (Å²) in [7, 11) is 0. The topological polar surface area (TPSA) is 62.5 Å². The molecule has 2 heterocycles. The van der Waals surface area contributed by atoms with E-state index in [-0.39, 0.29) is 11.9 Å². The standard InChI is InChI=1S/C17H22N4OS/c1-13-10-20(11-14-5-3-2-4-6-14)7-8-21(13)17(22)15-12-23-16(9-18)19-15/h2-6,12-13H,7-11,18H2,1H3. The summed E-state index contributed by atoms with van der Waals surface area (Å²) in [6.07, 6.45) is 0. The van der Waals surface area contributed by atoms with Crippen molar-refractivity contribution in [3.8, 4) is 0 Å². The number of nitrogens with two attached hydrogens (primary N) is 1. The molecule has 1 unspecified atom stereocenters. The lowest BCUT2D eigenvalue weighted by atomic mass is 10.1. The van der Waals surface area contributed by atoms with Gasteiger partial charge in [-0.2, -0.15) is 0 Å². The van der Waals surface area contributed by atoms with E-state index in [9.17, 15) is 4.79 Å². The van der Waals surface area contributed by atoms with Gasteiger partial charge in [0.15, 0.2) is 0 Å². The van der Waals surface area contributed by atoms with E-state index in [1.807, 2.05) is 16.3 Å². The summed E-state index contributed by atoms with van der Waals surface area (Å²) in [5, 5.41) is 2.62. The van der Waals surface area contributed by atoms with Crippen molar-refractivity contribution in [3.05, 3.63) is 52.0 Å². The van der Waals surface area contributed by atoms with E-state index in [0.717, 1.165) is 31.2 Å². The van der Waals surface area contributed by atoms with Gasteiger partial charge in [0, 0.05) is 44.1 Å². The Bertz CT molecular complexity index is 658. The molecule has 0 radical (unpaired) electrons. The summed E-state index contributed by atoms with van der Waals surface area (Å²) in [6, 6.07) is 10.6. The van der Waals surface area contributed by atoms with Crippen LogP contribution in [0.5, 0.6) is 0 Å². The van der Waals surface area contributed by atoms with Crippen molar-refractivity contribution >= 4 is 17.2 Å². The van der Waals surface area contributed by atoms with Crippen LogP contribution in [0, 0.1) is 0 Å². The number of rotatable bonds is 4. The maximum absolute atomic E-state index is 12.6. The Hall–Kier alpha value is -1.76. The number of carbonyl (C=O) groups excluding carboxylic acids is 1. The molecular formula is C17H22N4OS. The van der Waals surface area contributed by atoms with Gasteiger partial charge in [0.05, 0.1) is 0 Å². The zero-order valence-electron chi connectivity index (χ0n) is 13.3. The van der Waals surface area contributed by atoms with E-state index in [2.05, 4.69) is 41.1 Å². The zero-order valence-corrected chi connectivity index (χ0v) is 14.1. The van der Waals surface area contributed by atoms with Gasteiger partial charge in [-0.25, -0.2) is 4.98 Å². The van der Waals surface area contributed by atoms with Crippen molar-refractivity contribution in [3.63, 3.8) is 0 Å². The van der Waals surface area contributed by atoms with E-state index in [4.69, 9.17) is 5.73 Å². The zero-order chi connectivity index (χ0) is 16.2. The summed E-state index contributed by atoms with van der Waals surface area (Å²) >= 11 is 1.45. The molecule has 3 rings (SSSR count). The van der Waals surface area contributed by atoms with Crippen LogP contribution in [-0.4, -0.2) is 46.4 Å². The van der Waals surface area contributed by atoms with Gasteiger partial charge in [-0.1, -0.05) is 30.3 Å². The maximum Gasteiger partial charge on any atom is 0.273 e. The number of thiazole rings is 1. The lowest BCUT2D eigenvalue weighted by Gasteiger charge is -2.39. The molecule has 2 aromatic rings. The van der Waals surface area contributed by atoms with Gasteiger partial charge >= 0.3 is 0 Å². The fourth-order valence-electron chi connectivity index (χ4n) is 2.97. The van der Waals surface area contributed by atoms with Crippen LogP contribution in [0.3, 0.4) is 0 Å². The predicted octanol–water partition coefficient (Wildman–Crippen LogP) is 1.95. The summed E-state index contributed by atoms with van der Waals surface area (Å²) in [5.74, 6) is 0.0211. The first-order chi connectivity index (χ1) is 11.2. The second-order valence-electron chi connectivity index (χ2n) is 5.90. The summed E-state index contributed by atoms with van der Waals surface area (Å²) < 4.78 is 0. The highest BCUT2D eigenvalue weighted by atomic mass is 32.1. The van der Waals surface area contributed by atoms with Crippen LogP contribution < -0.4 is 5.73 Å². The molecular weight excluding hydrogens is 308 g/mol. The van der Waals surface area contributed by atoms with E-state index in [1.165, 1.54) is 16.9 Å². The molecule has 1 fully saturated rings. The molecule has 1 aromatic heterocycles. The predicted molar refractivity (Wildman–Crippen MR) is 92.2 cm³/mol. The van der Waals surface area contributed by atoms with Crippen LogP contribution in [0.25, 0.3) is 0 Å². The quantitative estimate of drug-likeness (QED) is 0.931. The minimum Gasteiger partial charge on any atom is -0.332 e. The average Bonchev–Trinajstić information content (AvgIpc) is 3.04. The second-order valence-corrected chi connectivity index (χ2v) is 6.84. The van der Waals surface area contributed by atoms with Crippen LogP contribution >= 0.6 is 11.3 Å². The molecule has 0 aliphatic carbocycles. The highest BCUT2D eigenvalue weighted by molar-refractivity contribution is 7.09. The Balaban J connectivity index is 1.61. The number of aromatic nitrogens is 1. The molecule has 1 atom stereocenters. The molecule has 6 heteroatoms. The van der Waals surface area contributed by atoms with Crippen molar-refractivity contribution < 1.29 is 4.79 Å². The van der Waals surface area contributed by atoms with Crippen molar-refractivity contribution in [2.45, 2.75) is 26.1 Å². The lowest BCUT2D eigenvalue weighted by Crippen LogP contribution is -2.53. The number of benzene rings is 1. The van der Waals surface area contributed by atoms with Gasteiger partial charge in [-0.15, -0.1) is 11.3 Å². The Morgan fingerprint density at radius 2 is 2.13 bits per heavy atom. The molecule has 0 bridgehead atoms. The molecule has 0 spiro atoms. The number of hydrogen-bond donors (Lipinski definition) is 1. The number of amides is 1. The van der Waals surface area contributed by atoms with Gasteiger partial charge < -0.3 is 10.6 Å². The summed E-state index contributed by atoms with van der Waals surface area (Å²) in [6.45, 7) is 5.93. The molecule has 5 nitrogen and oxygen atoms in total. The molecule has 122 valence electrons. The number of hydrogen-bond acceptors (Lipinski definition) is 5. The van der Waals surface area contributed by atoms with Crippen LogP contribution in [0.4, 0.5) is 0 Å². The Morgan fingerprint density at radius 3 is 2.78 bits per heavy atom. The van der Waals surface area contributed by atoms with Gasteiger partial charge in [0.25, 0.3) is 5.91 Å². The molecule has 2 N–H and O–H groups in total. The van der Waals surface area contributed by atoms with Crippen LogP contribution in [0.1, 0.15) is 28.0 Å². The maximum atomic E-state index is 12.6. The highest BCUT2D eigenvalue weighted by Gasteiger charge is 2.29. The first-order valence-electron chi connectivity index (χ1n) is 7.89. The van der Waals surface area contributed by atoms with Crippen LogP contribution in [-0.2, 0) is 13.1 Å².